The Balaban J connectivity index is 1.79. The summed E-state index contributed by atoms with van der Waals surface area (Å²) in [6.07, 6.45) is 3.13. The van der Waals surface area contributed by atoms with Gasteiger partial charge in [-0.25, -0.2) is 0 Å². The minimum atomic E-state index is -0.570. The van der Waals surface area contributed by atoms with E-state index in [0.717, 1.165) is 11.3 Å². The first-order valence-corrected chi connectivity index (χ1v) is 7.74. The van der Waals surface area contributed by atoms with Crippen LogP contribution >= 0.6 is 0 Å². The summed E-state index contributed by atoms with van der Waals surface area (Å²) in [5, 5.41) is 7.03. The Morgan fingerprint density at radius 3 is 3.00 bits per heavy atom. The van der Waals surface area contributed by atoms with Crippen molar-refractivity contribution < 1.29 is 18.7 Å². The number of aryl methyl sites for hydroxylation is 1. The van der Waals surface area contributed by atoms with Crippen molar-refractivity contribution >= 4 is 11.8 Å². The highest BCUT2D eigenvalue weighted by Gasteiger charge is 2.34. The predicted octanol–water partition coefficient (Wildman–Crippen LogP) is 0.744. The maximum absolute atomic E-state index is 12.7. The molecule has 0 saturated carbocycles. The van der Waals surface area contributed by atoms with Crippen molar-refractivity contribution in [3.63, 3.8) is 0 Å². The molecule has 0 fully saturated rings. The van der Waals surface area contributed by atoms with Gasteiger partial charge in [-0.15, -0.1) is 0 Å². The molecule has 24 heavy (non-hydrogen) atoms. The quantitative estimate of drug-likeness (QED) is 0.816. The number of furan rings is 1. The molecule has 0 radical (unpaired) electrons. The van der Waals surface area contributed by atoms with Crippen LogP contribution in [0.3, 0.4) is 0 Å². The minimum absolute atomic E-state index is 0.189. The molecule has 0 aliphatic carbocycles. The monoisotopic (exact) mass is 332 g/mol. The lowest BCUT2D eigenvalue weighted by molar-refractivity contribution is -0.125. The molecule has 0 saturated heterocycles. The van der Waals surface area contributed by atoms with E-state index in [4.69, 9.17) is 9.15 Å². The number of fused-ring (bicyclic) bond motifs is 1. The third-order valence-electron chi connectivity index (χ3n) is 4.05. The van der Waals surface area contributed by atoms with Gasteiger partial charge >= 0.3 is 0 Å². The summed E-state index contributed by atoms with van der Waals surface area (Å²) in [5.41, 5.74) is 1.59. The molecule has 2 amide bonds. The van der Waals surface area contributed by atoms with Crippen LogP contribution in [0.25, 0.3) is 0 Å². The van der Waals surface area contributed by atoms with Crippen LogP contribution in [0, 0.1) is 6.92 Å². The molecule has 0 unspecified atom stereocenters. The van der Waals surface area contributed by atoms with E-state index in [9.17, 15) is 9.59 Å². The van der Waals surface area contributed by atoms with Crippen molar-refractivity contribution in [3.05, 3.63) is 41.6 Å². The van der Waals surface area contributed by atoms with E-state index in [1.807, 2.05) is 13.0 Å². The van der Waals surface area contributed by atoms with Gasteiger partial charge in [0, 0.05) is 25.4 Å². The topological polar surface area (TPSA) is 89.6 Å². The van der Waals surface area contributed by atoms with Gasteiger partial charge in [-0.3, -0.25) is 14.3 Å². The molecule has 0 spiro atoms. The molecule has 1 aliphatic heterocycles. The number of hydrogen-bond donors (Lipinski definition) is 1. The van der Waals surface area contributed by atoms with E-state index < -0.39 is 6.04 Å². The number of nitrogens with one attached hydrogen (secondary N) is 1. The number of methoxy groups -OCH3 is 1. The Hall–Kier alpha value is -2.61. The number of carbonyl (C=O) groups is 2. The maximum Gasteiger partial charge on any atom is 0.290 e. The SMILES string of the molecule is COCCNC(=O)[C@@H]1CN(C(=O)c2occc2C)Cc2ccnn21. The summed E-state index contributed by atoms with van der Waals surface area (Å²) in [7, 11) is 1.57. The highest BCUT2D eigenvalue weighted by Crippen LogP contribution is 2.23. The van der Waals surface area contributed by atoms with Gasteiger partial charge in [0.15, 0.2) is 5.76 Å². The number of aromatic nitrogens is 2. The van der Waals surface area contributed by atoms with Gasteiger partial charge in [0.05, 0.1) is 31.7 Å². The predicted molar refractivity (Wildman–Crippen MR) is 84.3 cm³/mol. The molecule has 8 heteroatoms. The summed E-state index contributed by atoms with van der Waals surface area (Å²) < 4.78 is 11.9. The zero-order valence-electron chi connectivity index (χ0n) is 13.7. The van der Waals surface area contributed by atoms with Crippen LogP contribution in [-0.2, 0) is 16.1 Å². The third kappa shape index (κ3) is 3.05. The zero-order chi connectivity index (χ0) is 17.1. The maximum atomic E-state index is 12.7. The fourth-order valence-electron chi connectivity index (χ4n) is 2.77. The lowest BCUT2D eigenvalue weighted by atomic mass is 10.1. The first kappa shape index (κ1) is 16.3. The highest BCUT2D eigenvalue weighted by atomic mass is 16.5. The Bertz CT molecular complexity index is 736. The molecule has 3 heterocycles. The summed E-state index contributed by atoms with van der Waals surface area (Å²) in [6.45, 7) is 3.29. The van der Waals surface area contributed by atoms with Crippen molar-refractivity contribution in [2.45, 2.75) is 19.5 Å². The van der Waals surface area contributed by atoms with Crippen molar-refractivity contribution in [3.8, 4) is 0 Å². The highest BCUT2D eigenvalue weighted by molar-refractivity contribution is 5.93. The van der Waals surface area contributed by atoms with E-state index in [0.29, 0.717) is 25.5 Å². The molecule has 2 aromatic heterocycles. The van der Waals surface area contributed by atoms with Gasteiger partial charge in [0.25, 0.3) is 5.91 Å². The lowest BCUT2D eigenvalue weighted by Crippen LogP contribution is -2.47. The largest absolute Gasteiger partial charge is 0.459 e. The second kappa shape index (κ2) is 6.88. The van der Waals surface area contributed by atoms with E-state index in [2.05, 4.69) is 10.4 Å². The zero-order valence-corrected chi connectivity index (χ0v) is 13.7. The second-order valence-corrected chi connectivity index (χ2v) is 5.69. The molecule has 128 valence electrons. The molecule has 0 aromatic carbocycles. The fraction of sp³-hybridized carbons (Fsp3) is 0.438. The van der Waals surface area contributed by atoms with Crippen molar-refractivity contribution in [1.29, 1.82) is 0 Å². The van der Waals surface area contributed by atoms with Crippen LogP contribution in [0.5, 0.6) is 0 Å². The van der Waals surface area contributed by atoms with Gasteiger partial charge in [-0.1, -0.05) is 0 Å². The molecule has 2 aromatic rings. The van der Waals surface area contributed by atoms with Crippen LogP contribution in [0.1, 0.15) is 27.9 Å². The van der Waals surface area contributed by atoms with Gasteiger partial charge in [0.1, 0.15) is 6.04 Å². The summed E-state index contributed by atoms with van der Waals surface area (Å²) in [5.74, 6) is -0.105. The van der Waals surface area contributed by atoms with Crippen LogP contribution < -0.4 is 5.32 Å². The summed E-state index contributed by atoms with van der Waals surface area (Å²) in [6, 6.07) is 2.99. The molecule has 8 nitrogen and oxygen atoms in total. The molecule has 1 N–H and O–H groups in total. The average Bonchev–Trinajstić information content (AvgIpc) is 3.21. The Kier molecular flexibility index (Phi) is 4.66. The lowest BCUT2D eigenvalue weighted by Gasteiger charge is -2.32. The van der Waals surface area contributed by atoms with Crippen LogP contribution in [0.15, 0.2) is 29.0 Å². The normalized spacial score (nSPS) is 16.8. The molecule has 3 rings (SSSR count). The first-order chi connectivity index (χ1) is 11.6. The van der Waals surface area contributed by atoms with Gasteiger partial charge in [-0.05, 0) is 19.1 Å². The van der Waals surface area contributed by atoms with Crippen molar-refractivity contribution in [1.82, 2.24) is 20.0 Å². The third-order valence-corrected chi connectivity index (χ3v) is 4.05. The minimum Gasteiger partial charge on any atom is -0.459 e. The smallest absolute Gasteiger partial charge is 0.290 e. The average molecular weight is 332 g/mol. The number of hydrogen-bond acceptors (Lipinski definition) is 5. The van der Waals surface area contributed by atoms with E-state index in [-0.39, 0.29) is 18.4 Å². The number of ether oxygens (including phenoxy) is 1. The number of nitrogens with zero attached hydrogens (tertiary/aromatic N) is 3. The molecule has 1 aliphatic rings. The van der Waals surface area contributed by atoms with Crippen LogP contribution in [0.4, 0.5) is 0 Å². The van der Waals surface area contributed by atoms with Crippen LogP contribution in [-0.4, -0.2) is 53.3 Å². The number of amides is 2. The Labute approximate surface area is 139 Å². The van der Waals surface area contributed by atoms with Crippen molar-refractivity contribution in [2.24, 2.45) is 0 Å². The Morgan fingerprint density at radius 1 is 1.46 bits per heavy atom. The van der Waals surface area contributed by atoms with Gasteiger partial charge in [-0.2, -0.15) is 5.10 Å². The fourth-order valence-corrected chi connectivity index (χ4v) is 2.77. The molecular weight excluding hydrogens is 312 g/mol. The Morgan fingerprint density at radius 2 is 2.29 bits per heavy atom. The van der Waals surface area contributed by atoms with E-state index in [1.54, 1.807) is 29.0 Å². The summed E-state index contributed by atoms with van der Waals surface area (Å²) >= 11 is 0. The number of rotatable bonds is 5. The molecule has 0 bridgehead atoms. The number of carbonyl (C=O) groups excluding carboxylic acids is 2. The van der Waals surface area contributed by atoms with Gasteiger partial charge in [0.2, 0.25) is 5.91 Å². The van der Waals surface area contributed by atoms with Crippen molar-refractivity contribution in [2.75, 3.05) is 26.8 Å². The standard InChI is InChI=1S/C16H20N4O4/c1-11-4-7-24-14(11)16(22)19-9-12-3-5-18-20(12)13(10-19)15(21)17-6-8-23-2/h3-5,7,13H,6,8-10H2,1-2H3,(H,17,21)/t13-/m0/s1. The van der Waals surface area contributed by atoms with E-state index in [1.165, 1.54) is 6.26 Å². The van der Waals surface area contributed by atoms with E-state index >= 15 is 0 Å². The first-order valence-electron chi connectivity index (χ1n) is 7.74. The van der Waals surface area contributed by atoms with Gasteiger partial charge < -0.3 is 19.4 Å². The second-order valence-electron chi connectivity index (χ2n) is 5.69. The molecular formula is C16H20N4O4. The van der Waals surface area contributed by atoms with Crippen LogP contribution in [0.2, 0.25) is 0 Å². The summed E-state index contributed by atoms with van der Waals surface area (Å²) in [4.78, 5) is 26.8. The molecule has 1 atom stereocenters.